The summed E-state index contributed by atoms with van der Waals surface area (Å²) in [5, 5.41) is 3.54. The van der Waals surface area contributed by atoms with E-state index < -0.39 is 0 Å². The van der Waals surface area contributed by atoms with Crippen LogP contribution in [0, 0.1) is 0 Å². The van der Waals surface area contributed by atoms with E-state index in [1.54, 1.807) is 0 Å². The Hall–Kier alpha value is -1.80. The van der Waals surface area contributed by atoms with Gasteiger partial charge in [-0.05, 0) is 61.7 Å². The molecule has 2 heteroatoms. The molecule has 2 aromatic rings. The van der Waals surface area contributed by atoms with Gasteiger partial charge in [0.2, 0.25) is 0 Å². The molecule has 110 valence electrons. The normalized spacial score (nSPS) is 14.4. The van der Waals surface area contributed by atoms with Gasteiger partial charge in [0.15, 0.2) is 0 Å². The quantitative estimate of drug-likeness (QED) is 0.851. The first kappa shape index (κ1) is 14.2. The van der Waals surface area contributed by atoms with Gasteiger partial charge in [-0.15, -0.1) is 0 Å². The van der Waals surface area contributed by atoms with E-state index in [-0.39, 0.29) is 0 Å². The number of nitrogens with zero attached hydrogens (tertiary/aromatic N) is 1. The lowest BCUT2D eigenvalue weighted by Gasteiger charge is -2.12. The van der Waals surface area contributed by atoms with Crippen LogP contribution in [-0.4, -0.2) is 19.0 Å². The zero-order valence-electron chi connectivity index (χ0n) is 13.0. The molecule has 1 saturated carbocycles. The summed E-state index contributed by atoms with van der Waals surface area (Å²) >= 11 is 0. The highest BCUT2D eigenvalue weighted by Gasteiger charge is 2.23. The largest absolute Gasteiger partial charge is 0.381 e. The van der Waals surface area contributed by atoms with Gasteiger partial charge >= 0.3 is 0 Å². The SMILES string of the molecule is CN(C)Cc1cccc(NCc2cccc(C3CC3)c2)c1. The number of rotatable bonds is 6. The highest BCUT2D eigenvalue weighted by atomic mass is 15.0. The monoisotopic (exact) mass is 280 g/mol. The maximum Gasteiger partial charge on any atom is 0.0400 e. The Morgan fingerprint density at radius 1 is 1.00 bits per heavy atom. The van der Waals surface area contributed by atoms with Crippen LogP contribution in [0.1, 0.15) is 35.4 Å². The van der Waals surface area contributed by atoms with Gasteiger partial charge in [-0.25, -0.2) is 0 Å². The lowest BCUT2D eigenvalue weighted by atomic mass is 10.1. The van der Waals surface area contributed by atoms with Crippen molar-refractivity contribution >= 4 is 5.69 Å². The molecule has 1 fully saturated rings. The molecule has 0 aromatic heterocycles. The summed E-state index contributed by atoms with van der Waals surface area (Å²) < 4.78 is 0. The zero-order valence-corrected chi connectivity index (χ0v) is 13.0. The van der Waals surface area contributed by atoms with E-state index in [0.717, 1.165) is 19.0 Å². The van der Waals surface area contributed by atoms with E-state index in [9.17, 15) is 0 Å². The molecule has 3 rings (SSSR count). The van der Waals surface area contributed by atoms with Gasteiger partial charge in [0.05, 0.1) is 0 Å². The molecule has 0 spiro atoms. The Morgan fingerprint density at radius 3 is 2.52 bits per heavy atom. The molecule has 21 heavy (non-hydrogen) atoms. The van der Waals surface area contributed by atoms with Crippen molar-refractivity contribution < 1.29 is 0 Å². The molecule has 1 aliphatic rings. The Labute approximate surface area is 127 Å². The summed E-state index contributed by atoms with van der Waals surface area (Å²) in [5.74, 6) is 0.827. The smallest absolute Gasteiger partial charge is 0.0400 e. The van der Waals surface area contributed by atoms with E-state index in [0.29, 0.717) is 0 Å². The summed E-state index contributed by atoms with van der Waals surface area (Å²) in [5.41, 5.74) is 5.43. The summed E-state index contributed by atoms with van der Waals surface area (Å²) in [7, 11) is 4.20. The van der Waals surface area contributed by atoms with E-state index in [1.807, 2.05) is 0 Å². The topological polar surface area (TPSA) is 15.3 Å². The number of hydrogen-bond acceptors (Lipinski definition) is 2. The van der Waals surface area contributed by atoms with Crippen molar-refractivity contribution in [1.29, 1.82) is 0 Å². The number of hydrogen-bond donors (Lipinski definition) is 1. The average Bonchev–Trinajstić information content (AvgIpc) is 3.30. The summed E-state index contributed by atoms with van der Waals surface area (Å²) in [4.78, 5) is 2.19. The third-order valence-corrected chi connectivity index (χ3v) is 3.92. The zero-order chi connectivity index (χ0) is 14.7. The van der Waals surface area contributed by atoms with E-state index in [1.165, 1.54) is 35.2 Å². The van der Waals surface area contributed by atoms with Gasteiger partial charge in [-0.3, -0.25) is 0 Å². The molecule has 0 unspecified atom stereocenters. The summed E-state index contributed by atoms with van der Waals surface area (Å²) in [6.45, 7) is 1.87. The Kier molecular flexibility index (Phi) is 4.26. The van der Waals surface area contributed by atoms with Crippen LogP contribution in [0.5, 0.6) is 0 Å². The highest BCUT2D eigenvalue weighted by Crippen LogP contribution is 2.40. The first-order valence-electron chi connectivity index (χ1n) is 7.77. The molecule has 0 atom stereocenters. The van der Waals surface area contributed by atoms with E-state index >= 15 is 0 Å². The molecule has 0 bridgehead atoms. The summed E-state index contributed by atoms with van der Waals surface area (Å²) in [6.07, 6.45) is 2.73. The molecule has 0 radical (unpaired) electrons. The molecular weight excluding hydrogens is 256 g/mol. The van der Waals surface area contributed by atoms with Gasteiger partial charge in [-0.2, -0.15) is 0 Å². The number of nitrogens with one attached hydrogen (secondary N) is 1. The van der Waals surface area contributed by atoms with Crippen LogP contribution in [0.3, 0.4) is 0 Å². The van der Waals surface area contributed by atoms with Gasteiger partial charge in [0, 0.05) is 18.8 Å². The van der Waals surface area contributed by atoms with Crippen molar-refractivity contribution in [3.05, 3.63) is 65.2 Å². The van der Waals surface area contributed by atoms with E-state index in [4.69, 9.17) is 0 Å². The molecule has 0 heterocycles. The minimum absolute atomic E-state index is 0.827. The minimum atomic E-state index is 0.827. The highest BCUT2D eigenvalue weighted by molar-refractivity contribution is 5.46. The van der Waals surface area contributed by atoms with E-state index in [2.05, 4.69) is 72.8 Å². The Balaban J connectivity index is 1.63. The maximum absolute atomic E-state index is 3.54. The second-order valence-electron chi connectivity index (χ2n) is 6.31. The first-order valence-corrected chi connectivity index (χ1v) is 7.77. The van der Waals surface area contributed by atoms with Crippen LogP contribution >= 0.6 is 0 Å². The molecule has 0 aliphatic heterocycles. The van der Waals surface area contributed by atoms with Crippen LogP contribution in [0.2, 0.25) is 0 Å². The second-order valence-corrected chi connectivity index (χ2v) is 6.31. The molecule has 0 saturated heterocycles. The van der Waals surface area contributed by atoms with Crippen molar-refractivity contribution in [3.8, 4) is 0 Å². The molecule has 0 amide bonds. The lowest BCUT2D eigenvalue weighted by Crippen LogP contribution is -2.10. The van der Waals surface area contributed by atoms with Crippen LogP contribution in [0.4, 0.5) is 5.69 Å². The predicted molar refractivity (Wildman–Crippen MR) is 89.6 cm³/mol. The van der Waals surface area contributed by atoms with Gasteiger partial charge in [-0.1, -0.05) is 36.4 Å². The molecule has 2 nitrogen and oxygen atoms in total. The fourth-order valence-electron chi connectivity index (χ4n) is 2.72. The third-order valence-electron chi connectivity index (χ3n) is 3.92. The number of benzene rings is 2. The van der Waals surface area contributed by atoms with Crippen molar-refractivity contribution in [2.45, 2.75) is 31.8 Å². The molecule has 2 aromatic carbocycles. The molecule has 1 N–H and O–H groups in total. The fraction of sp³-hybridized carbons (Fsp3) is 0.368. The van der Waals surface area contributed by atoms with Crippen molar-refractivity contribution in [2.24, 2.45) is 0 Å². The standard InChI is InChI=1S/C19H24N2/c1-21(2)14-16-6-4-8-19(12-16)20-13-15-5-3-7-18(11-15)17-9-10-17/h3-8,11-12,17,20H,9-10,13-14H2,1-2H3. The van der Waals surface area contributed by atoms with Gasteiger partial charge in [0.1, 0.15) is 0 Å². The van der Waals surface area contributed by atoms with Crippen LogP contribution in [0.15, 0.2) is 48.5 Å². The maximum atomic E-state index is 3.54. The van der Waals surface area contributed by atoms with Gasteiger partial charge < -0.3 is 10.2 Å². The lowest BCUT2D eigenvalue weighted by molar-refractivity contribution is 0.402. The number of anilines is 1. The average molecular weight is 280 g/mol. The predicted octanol–water partition coefficient (Wildman–Crippen LogP) is 4.24. The van der Waals surface area contributed by atoms with Crippen LogP contribution < -0.4 is 5.32 Å². The van der Waals surface area contributed by atoms with Gasteiger partial charge in [0.25, 0.3) is 0 Å². The second kappa shape index (κ2) is 6.31. The van der Waals surface area contributed by atoms with Crippen molar-refractivity contribution in [1.82, 2.24) is 4.90 Å². The van der Waals surface area contributed by atoms with Crippen LogP contribution in [0.25, 0.3) is 0 Å². The van der Waals surface area contributed by atoms with Crippen molar-refractivity contribution in [3.63, 3.8) is 0 Å². The fourth-order valence-corrected chi connectivity index (χ4v) is 2.72. The Bertz CT molecular complexity index is 600. The minimum Gasteiger partial charge on any atom is -0.381 e. The summed E-state index contributed by atoms with van der Waals surface area (Å²) in [6, 6.07) is 17.7. The third kappa shape index (κ3) is 4.08. The first-order chi connectivity index (χ1) is 10.2. The Morgan fingerprint density at radius 2 is 1.76 bits per heavy atom. The molecule has 1 aliphatic carbocycles. The van der Waals surface area contributed by atoms with Crippen molar-refractivity contribution in [2.75, 3.05) is 19.4 Å². The van der Waals surface area contributed by atoms with Crippen LogP contribution in [-0.2, 0) is 13.1 Å². The molecular formula is C19H24N2.